The number of hydrogen-bond donors (Lipinski definition) is 3. The Kier molecular flexibility index (Phi) is 6.29. The first-order valence-corrected chi connectivity index (χ1v) is 9.18. The van der Waals surface area contributed by atoms with Gasteiger partial charge in [-0.05, 0) is 50.1 Å². The molecule has 3 aromatic rings. The molecule has 0 aliphatic carbocycles. The fraction of sp³-hybridized carbons (Fsp3) is 0.174. The lowest BCUT2D eigenvalue weighted by Crippen LogP contribution is -2.00. The average molecular weight is 372 g/mol. The van der Waals surface area contributed by atoms with Crippen LogP contribution >= 0.6 is 0 Å². The van der Waals surface area contributed by atoms with Gasteiger partial charge in [0.2, 0.25) is 0 Å². The highest BCUT2D eigenvalue weighted by molar-refractivity contribution is 5.89. The summed E-state index contributed by atoms with van der Waals surface area (Å²) in [6, 6.07) is 17.3. The summed E-state index contributed by atoms with van der Waals surface area (Å²) in [5.41, 5.74) is 6.13. The van der Waals surface area contributed by atoms with Crippen LogP contribution in [0, 0.1) is 5.41 Å². The Bertz CT molecular complexity index is 997. The lowest BCUT2D eigenvalue weighted by molar-refractivity contribution is 0.277. The van der Waals surface area contributed by atoms with Crippen LogP contribution in [0.25, 0.3) is 11.3 Å². The third-order valence-electron chi connectivity index (χ3n) is 4.35. The third-order valence-corrected chi connectivity index (χ3v) is 4.35. The van der Waals surface area contributed by atoms with Gasteiger partial charge in [0, 0.05) is 28.7 Å². The van der Waals surface area contributed by atoms with Gasteiger partial charge in [-0.25, -0.2) is 4.98 Å². The first kappa shape index (κ1) is 19.5. The minimum Gasteiger partial charge on any atom is -0.390 e. The Morgan fingerprint density at radius 3 is 2.64 bits per heavy atom. The molecule has 2 aromatic heterocycles. The van der Waals surface area contributed by atoms with Gasteiger partial charge in [-0.3, -0.25) is 4.98 Å². The maximum atomic E-state index is 9.29. The van der Waals surface area contributed by atoms with E-state index in [4.69, 9.17) is 10.4 Å². The second-order valence-electron chi connectivity index (χ2n) is 6.71. The number of pyridine rings is 2. The molecular formula is C23H24N4O. The molecule has 142 valence electrons. The molecule has 3 N–H and O–H groups in total. The quantitative estimate of drug-likeness (QED) is 0.388. The third kappa shape index (κ3) is 4.90. The largest absolute Gasteiger partial charge is 0.390 e. The molecule has 0 aliphatic heterocycles. The van der Waals surface area contributed by atoms with Crippen LogP contribution in [0.5, 0.6) is 0 Å². The van der Waals surface area contributed by atoms with E-state index in [1.807, 2.05) is 55.5 Å². The van der Waals surface area contributed by atoms with Crippen LogP contribution in [0.2, 0.25) is 0 Å². The highest BCUT2D eigenvalue weighted by Crippen LogP contribution is 2.26. The number of anilines is 2. The van der Waals surface area contributed by atoms with Crippen LogP contribution in [-0.4, -0.2) is 21.3 Å². The standard InChI is InChI=1S/C23H24N4O/c1-16(2)9-12-19-5-3-7-21(25-19)17-10-11-18(14-24)22(13-17)27-23-8-4-6-20(15-28)26-23/h3-8,10-11,13-14,24,28H,1,9,12,15H2,2H3,(H,26,27). The fourth-order valence-electron chi connectivity index (χ4n) is 2.85. The summed E-state index contributed by atoms with van der Waals surface area (Å²) in [6.07, 6.45) is 3.09. The number of hydrogen-bond acceptors (Lipinski definition) is 5. The number of aryl methyl sites for hydroxylation is 1. The predicted molar refractivity (Wildman–Crippen MR) is 114 cm³/mol. The lowest BCUT2D eigenvalue weighted by atomic mass is 10.1. The van der Waals surface area contributed by atoms with Crippen LogP contribution in [-0.2, 0) is 13.0 Å². The van der Waals surface area contributed by atoms with Crippen molar-refractivity contribution in [2.75, 3.05) is 5.32 Å². The van der Waals surface area contributed by atoms with Gasteiger partial charge in [0.25, 0.3) is 0 Å². The molecule has 5 heteroatoms. The van der Waals surface area contributed by atoms with Crippen LogP contribution in [0.1, 0.15) is 30.3 Å². The average Bonchev–Trinajstić information content (AvgIpc) is 2.72. The van der Waals surface area contributed by atoms with Crippen molar-refractivity contribution >= 4 is 17.7 Å². The molecule has 0 atom stereocenters. The first-order valence-electron chi connectivity index (χ1n) is 9.18. The second-order valence-corrected chi connectivity index (χ2v) is 6.71. The van der Waals surface area contributed by atoms with Crippen molar-refractivity contribution in [1.82, 2.24) is 9.97 Å². The molecule has 0 saturated heterocycles. The molecule has 3 rings (SSSR count). The summed E-state index contributed by atoms with van der Waals surface area (Å²) in [4.78, 5) is 9.13. The summed E-state index contributed by atoms with van der Waals surface area (Å²) < 4.78 is 0. The summed E-state index contributed by atoms with van der Waals surface area (Å²) >= 11 is 0. The molecule has 0 bridgehead atoms. The molecule has 0 spiro atoms. The summed E-state index contributed by atoms with van der Waals surface area (Å²) in [5.74, 6) is 0.620. The molecular weight excluding hydrogens is 348 g/mol. The molecule has 2 heterocycles. The highest BCUT2D eigenvalue weighted by Gasteiger charge is 2.08. The molecule has 0 saturated carbocycles. The van der Waals surface area contributed by atoms with E-state index in [2.05, 4.69) is 16.9 Å². The highest BCUT2D eigenvalue weighted by atomic mass is 16.3. The van der Waals surface area contributed by atoms with Crippen LogP contribution in [0.4, 0.5) is 11.5 Å². The summed E-state index contributed by atoms with van der Waals surface area (Å²) in [5, 5.41) is 20.2. The van der Waals surface area contributed by atoms with E-state index in [0.717, 1.165) is 46.6 Å². The molecule has 0 unspecified atom stereocenters. The fourth-order valence-corrected chi connectivity index (χ4v) is 2.85. The van der Waals surface area contributed by atoms with Gasteiger partial charge < -0.3 is 15.8 Å². The molecule has 28 heavy (non-hydrogen) atoms. The Hall–Kier alpha value is -3.31. The zero-order valence-corrected chi connectivity index (χ0v) is 15.9. The summed E-state index contributed by atoms with van der Waals surface area (Å²) in [7, 11) is 0. The minimum absolute atomic E-state index is 0.117. The topological polar surface area (TPSA) is 81.9 Å². The zero-order chi connectivity index (χ0) is 19.9. The van der Waals surface area contributed by atoms with E-state index in [9.17, 15) is 5.11 Å². The van der Waals surface area contributed by atoms with Crippen molar-refractivity contribution in [3.05, 3.63) is 83.7 Å². The smallest absolute Gasteiger partial charge is 0.130 e. The summed E-state index contributed by atoms with van der Waals surface area (Å²) in [6.45, 7) is 5.86. The number of nitrogens with one attached hydrogen (secondary N) is 2. The van der Waals surface area contributed by atoms with Crippen molar-refractivity contribution in [2.45, 2.75) is 26.4 Å². The van der Waals surface area contributed by atoms with E-state index in [-0.39, 0.29) is 6.61 Å². The molecule has 1 aromatic carbocycles. The van der Waals surface area contributed by atoms with Gasteiger partial charge in [0.15, 0.2) is 0 Å². The van der Waals surface area contributed by atoms with Crippen molar-refractivity contribution in [1.29, 1.82) is 5.41 Å². The van der Waals surface area contributed by atoms with Crippen LogP contribution < -0.4 is 5.32 Å². The normalized spacial score (nSPS) is 10.5. The van der Waals surface area contributed by atoms with Crippen molar-refractivity contribution < 1.29 is 5.11 Å². The number of rotatable bonds is 8. The van der Waals surface area contributed by atoms with Crippen molar-refractivity contribution in [3.63, 3.8) is 0 Å². The molecule has 0 fully saturated rings. The van der Waals surface area contributed by atoms with E-state index >= 15 is 0 Å². The number of aliphatic hydroxyl groups excluding tert-OH is 1. The predicted octanol–water partition coefficient (Wildman–Crippen LogP) is 4.89. The molecule has 5 nitrogen and oxygen atoms in total. The van der Waals surface area contributed by atoms with Crippen LogP contribution in [0.3, 0.4) is 0 Å². The maximum absolute atomic E-state index is 9.29. The van der Waals surface area contributed by atoms with Gasteiger partial charge in [-0.2, -0.15) is 0 Å². The lowest BCUT2D eigenvalue weighted by Gasteiger charge is -2.12. The van der Waals surface area contributed by atoms with Gasteiger partial charge >= 0.3 is 0 Å². The zero-order valence-electron chi connectivity index (χ0n) is 15.9. The van der Waals surface area contributed by atoms with E-state index in [1.165, 1.54) is 6.21 Å². The number of aliphatic hydroxyl groups is 1. The van der Waals surface area contributed by atoms with Gasteiger partial charge in [0.05, 0.1) is 18.0 Å². The van der Waals surface area contributed by atoms with Gasteiger partial charge in [-0.15, -0.1) is 6.58 Å². The number of aromatic nitrogens is 2. The van der Waals surface area contributed by atoms with Crippen molar-refractivity contribution in [3.8, 4) is 11.3 Å². The first-order chi connectivity index (χ1) is 13.6. The monoisotopic (exact) mass is 372 g/mol. The maximum Gasteiger partial charge on any atom is 0.130 e. The Balaban J connectivity index is 1.91. The SMILES string of the molecule is C=C(C)CCc1cccc(-c2ccc(C=N)c(Nc3cccc(CO)n3)c2)n1. The number of benzene rings is 1. The number of allylic oxidation sites excluding steroid dienone is 1. The Morgan fingerprint density at radius 1 is 1.11 bits per heavy atom. The van der Waals surface area contributed by atoms with Gasteiger partial charge in [-0.1, -0.05) is 29.8 Å². The molecule has 0 amide bonds. The van der Waals surface area contributed by atoms with E-state index < -0.39 is 0 Å². The second kappa shape index (κ2) is 9.06. The van der Waals surface area contributed by atoms with Crippen LogP contribution in [0.15, 0.2) is 66.7 Å². The molecule has 0 aliphatic rings. The Labute approximate surface area is 165 Å². The number of nitrogens with zero attached hydrogens (tertiary/aromatic N) is 2. The molecule has 0 radical (unpaired) electrons. The van der Waals surface area contributed by atoms with Crippen molar-refractivity contribution in [2.24, 2.45) is 0 Å². The Morgan fingerprint density at radius 2 is 1.89 bits per heavy atom. The van der Waals surface area contributed by atoms with E-state index in [1.54, 1.807) is 6.07 Å². The minimum atomic E-state index is -0.117. The van der Waals surface area contributed by atoms with Gasteiger partial charge in [0.1, 0.15) is 5.82 Å². The van der Waals surface area contributed by atoms with E-state index in [0.29, 0.717) is 11.5 Å².